The van der Waals surface area contributed by atoms with Crippen LogP contribution in [0.5, 0.6) is 0 Å². The molecule has 1 atom stereocenters. The largest absolute Gasteiger partial charge is 0.418 e. The lowest BCUT2D eigenvalue weighted by atomic mass is 9.93. The standard InChI is InChI=1S/C16H17F3O/c1-10(2)9-11-5-3-7-13-12(11)6-4-8-14(13)15(20)16(17,18)19/h3-8,10,15,20H,9H2,1-2H3. The van der Waals surface area contributed by atoms with Gasteiger partial charge in [-0.1, -0.05) is 50.2 Å². The lowest BCUT2D eigenvalue weighted by Crippen LogP contribution is -2.20. The second kappa shape index (κ2) is 5.44. The summed E-state index contributed by atoms with van der Waals surface area (Å²) in [5.41, 5.74) is 0.925. The Morgan fingerprint density at radius 2 is 1.60 bits per heavy atom. The molecule has 2 rings (SSSR count). The number of rotatable bonds is 3. The van der Waals surface area contributed by atoms with Crippen LogP contribution in [-0.2, 0) is 6.42 Å². The first-order valence-corrected chi connectivity index (χ1v) is 6.56. The predicted octanol–water partition coefficient (Wildman–Crippen LogP) is 4.63. The maximum Gasteiger partial charge on any atom is 0.418 e. The van der Waals surface area contributed by atoms with Crippen LogP contribution >= 0.6 is 0 Å². The smallest absolute Gasteiger partial charge is 0.379 e. The van der Waals surface area contributed by atoms with Gasteiger partial charge in [-0.25, -0.2) is 0 Å². The Hall–Kier alpha value is -1.55. The van der Waals surface area contributed by atoms with Gasteiger partial charge in [0.1, 0.15) is 0 Å². The van der Waals surface area contributed by atoms with Gasteiger partial charge in [-0.3, -0.25) is 0 Å². The number of hydrogen-bond acceptors (Lipinski definition) is 1. The van der Waals surface area contributed by atoms with Crippen molar-refractivity contribution in [2.45, 2.75) is 32.5 Å². The molecule has 0 fully saturated rings. The average molecular weight is 282 g/mol. The van der Waals surface area contributed by atoms with E-state index in [-0.39, 0.29) is 5.56 Å². The summed E-state index contributed by atoms with van der Waals surface area (Å²) < 4.78 is 38.2. The van der Waals surface area contributed by atoms with Crippen molar-refractivity contribution >= 4 is 10.8 Å². The Labute approximate surface area is 116 Å². The molecule has 0 bridgehead atoms. The van der Waals surface area contributed by atoms with Crippen molar-refractivity contribution in [3.05, 3.63) is 47.5 Å². The molecular weight excluding hydrogens is 265 g/mol. The molecule has 0 heterocycles. The monoisotopic (exact) mass is 282 g/mol. The third kappa shape index (κ3) is 2.96. The summed E-state index contributed by atoms with van der Waals surface area (Å²) >= 11 is 0. The van der Waals surface area contributed by atoms with Crippen molar-refractivity contribution in [1.82, 2.24) is 0 Å². The van der Waals surface area contributed by atoms with Crippen molar-refractivity contribution in [2.24, 2.45) is 5.92 Å². The van der Waals surface area contributed by atoms with Gasteiger partial charge in [-0.15, -0.1) is 0 Å². The first kappa shape index (κ1) is 14.9. The summed E-state index contributed by atoms with van der Waals surface area (Å²) in [5.74, 6) is 0.414. The topological polar surface area (TPSA) is 20.2 Å². The molecule has 0 aliphatic rings. The van der Waals surface area contributed by atoms with Crippen LogP contribution in [-0.4, -0.2) is 11.3 Å². The normalized spacial score (nSPS) is 13.9. The number of hydrogen-bond donors (Lipinski definition) is 1. The van der Waals surface area contributed by atoms with E-state index < -0.39 is 12.3 Å². The Morgan fingerprint density at radius 1 is 1.00 bits per heavy atom. The van der Waals surface area contributed by atoms with E-state index in [4.69, 9.17) is 0 Å². The molecule has 20 heavy (non-hydrogen) atoms. The summed E-state index contributed by atoms with van der Waals surface area (Å²) in [4.78, 5) is 0. The Bertz CT molecular complexity index is 602. The zero-order chi connectivity index (χ0) is 14.9. The van der Waals surface area contributed by atoms with Gasteiger partial charge in [0, 0.05) is 0 Å². The lowest BCUT2D eigenvalue weighted by Gasteiger charge is -2.18. The minimum atomic E-state index is -4.65. The molecule has 0 aliphatic heterocycles. The number of alkyl halides is 3. The molecule has 0 radical (unpaired) electrons. The molecule has 0 amide bonds. The van der Waals surface area contributed by atoms with Crippen LogP contribution < -0.4 is 0 Å². The number of fused-ring (bicyclic) bond motifs is 1. The molecule has 2 aromatic carbocycles. The van der Waals surface area contributed by atoms with Crippen molar-refractivity contribution < 1.29 is 18.3 Å². The summed E-state index contributed by atoms with van der Waals surface area (Å²) in [6.45, 7) is 4.13. The van der Waals surface area contributed by atoms with Gasteiger partial charge in [0.25, 0.3) is 0 Å². The minimum Gasteiger partial charge on any atom is -0.379 e. The Morgan fingerprint density at radius 3 is 2.20 bits per heavy atom. The second-order valence-corrected chi connectivity index (χ2v) is 5.40. The summed E-state index contributed by atoms with van der Waals surface area (Å²) in [5, 5.41) is 10.8. The molecule has 1 N–H and O–H groups in total. The highest BCUT2D eigenvalue weighted by Crippen LogP contribution is 2.36. The summed E-state index contributed by atoms with van der Waals surface area (Å²) in [6, 6.07) is 10.00. The molecule has 2 aromatic rings. The molecule has 0 aliphatic carbocycles. The van der Waals surface area contributed by atoms with E-state index in [0.717, 1.165) is 17.4 Å². The van der Waals surface area contributed by atoms with Crippen LogP contribution in [0.1, 0.15) is 31.1 Å². The third-order valence-electron chi connectivity index (χ3n) is 3.28. The number of aliphatic hydroxyl groups is 1. The quantitative estimate of drug-likeness (QED) is 0.870. The van der Waals surface area contributed by atoms with E-state index in [2.05, 4.69) is 13.8 Å². The van der Waals surface area contributed by atoms with Crippen molar-refractivity contribution in [1.29, 1.82) is 0 Å². The Balaban J connectivity index is 2.59. The van der Waals surface area contributed by atoms with Crippen molar-refractivity contribution in [2.75, 3.05) is 0 Å². The highest BCUT2D eigenvalue weighted by atomic mass is 19.4. The van der Waals surface area contributed by atoms with Gasteiger partial charge in [0.2, 0.25) is 0 Å². The molecule has 0 spiro atoms. The van der Waals surface area contributed by atoms with E-state index in [1.165, 1.54) is 6.07 Å². The second-order valence-electron chi connectivity index (χ2n) is 5.40. The predicted molar refractivity (Wildman–Crippen MR) is 73.5 cm³/mol. The lowest BCUT2D eigenvalue weighted by molar-refractivity contribution is -0.206. The van der Waals surface area contributed by atoms with Crippen LogP contribution in [0, 0.1) is 5.92 Å². The number of halogens is 3. The third-order valence-corrected chi connectivity index (χ3v) is 3.28. The van der Waals surface area contributed by atoms with Crippen LogP contribution in [0.25, 0.3) is 10.8 Å². The SMILES string of the molecule is CC(C)Cc1cccc2c(C(O)C(F)(F)F)cccc12. The fraction of sp³-hybridized carbons (Fsp3) is 0.375. The first-order chi connectivity index (χ1) is 9.30. The summed E-state index contributed by atoms with van der Waals surface area (Å²) in [7, 11) is 0. The number of aliphatic hydroxyl groups excluding tert-OH is 1. The average Bonchev–Trinajstić information content (AvgIpc) is 2.36. The van der Waals surface area contributed by atoms with E-state index in [0.29, 0.717) is 11.3 Å². The van der Waals surface area contributed by atoms with E-state index in [9.17, 15) is 18.3 Å². The van der Waals surface area contributed by atoms with Gasteiger partial charge >= 0.3 is 6.18 Å². The molecular formula is C16H17F3O. The zero-order valence-electron chi connectivity index (χ0n) is 11.4. The molecule has 4 heteroatoms. The Kier molecular flexibility index (Phi) is 4.04. The van der Waals surface area contributed by atoms with Gasteiger partial charge in [-0.2, -0.15) is 13.2 Å². The van der Waals surface area contributed by atoms with Gasteiger partial charge in [-0.05, 0) is 34.2 Å². The van der Waals surface area contributed by atoms with Crippen LogP contribution in [0.15, 0.2) is 36.4 Å². The highest BCUT2D eigenvalue weighted by molar-refractivity contribution is 5.89. The fourth-order valence-electron chi connectivity index (χ4n) is 2.43. The minimum absolute atomic E-state index is 0.0828. The van der Waals surface area contributed by atoms with E-state index >= 15 is 0 Å². The molecule has 0 saturated carbocycles. The van der Waals surface area contributed by atoms with Gasteiger partial charge in [0.05, 0.1) is 0 Å². The molecule has 0 aromatic heterocycles. The molecule has 108 valence electrons. The van der Waals surface area contributed by atoms with Gasteiger partial charge in [0.15, 0.2) is 6.10 Å². The van der Waals surface area contributed by atoms with Crippen molar-refractivity contribution in [3.63, 3.8) is 0 Å². The van der Waals surface area contributed by atoms with Gasteiger partial charge < -0.3 is 5.11 Å². The maximum absolute atomic E-state index is 12.7. The highest BCUT2D eigenvalue weighted by Gasteiger charge is 2.40. The molecule has 1 nitrogen and oxygen atoms in total. The summed E-state index contributed by atoms with van der Waals surface area (Å²) in [6.07, 6.45) is -6.30. The van der Waals surface area contributed by atoms with Crippen LogP contribution in [0.4, 0.5) is 13.2 Å². The van der Waals surface area contributed by atoms with Crippen LogP contribution in [0.3, 0.4) is 0 Å². The van der Waals surface area contributed by atoms with E-state index in [1.807, 2.05) is 6.07 Å². The molecule has 0 saturated heterocycles. The zero-order valence-corrected chi connectivity index (χ0v) is 11.4. The maximum atomic E-state index is 12.7. The number of benzene rings is 2. The van der Waals surface area contributed by atoms with Crippen LogP contribution in [0.2, 0.25) is 0 Å². The van der Waals surface area contributed by atoms with Crippen molar-refractivity contribution in [3.8, 4) is 0 Å². The first-order valence-electron chi connectivity index (χ1n) is 6.56. The fourth-order valence-corrected chi connectivity index (χ4v) is 2.43. The van der Waals surface area contributed by atoms with E-state index in [1.54, 1.807) is 24.3 Å². The molecule has 1 unspecified atom stereocenters.